The van der Waals surface area contributed by atoms with Crippen LogP contribution >= 0.6 is 11.5 Å². The number of hydrogen-bond acceptors (Lipinski definition) is 5. The molecule has 86 valence electrons. The molecule has 1 aliphatic heterocycles. The molecule has 16 heavy (non-hydrogen) atoms. The summed E-state index contributed by atoms with van der Waals surface area (Å²) >= 11 is 1.36. The van der Waals surface area contributed by atoms with Gasteiger partial charge >= 0.3 is 0 Å². The van der Waals surface area contributed by atoms with Gasteiger partial charge in [0.1, 0.15) is 16.6 Å². The van der Waals surface area contributed by atoms with Crippen LogP contribution in [0.2, 0.25) is 0 Å². The lowest BCUT2D eigenvalue weighted by molar-refractivity contribution is 0.108. The van der Waals surface area contributed by atoms with Gasteiger partial charge in [-0.2, -0.15) is 9.64 Å². The van der Waals surface area contributed by atoms with Gasteiger partial charge in [0.05, 0.1) is 11.8 Å². The first-order chi connectivity index (χ1) is 7.72. The molecule has 1 aromatic rings. The van der Waals surface area contributed by atoms with E-state index < -0.39 is 0 Å². The molecule has 2 heterocycles. The predicted molar refractivity (Wildman–Crippen MR) is 63.6 cm³/mol. The molecule has 0 bridgehead atoms. The van der Waals surface area contributed by atoms with Crippen LogP contribution in [0.15, 0.2) is 0 Å². The van der Waals surface area contributed by atoms with Gasteiger partial charge < -0.3 is 10.1 Å². The van der Waals surface area contributed by atoms with Gasteiger partial charge in [0, 0.05) is 19.1 Å². The number of nitrogens with one attached hydrogen (secondary N) is 1. The van der Waals surface area contributed by atoms with Gasteiger partial charge in [-0.05, 0) is 31.8 Å². The summed E-state index contributed by atoms with van der Waals surface area (Å²) in [6.07, 6.45) is 1.40. The molecule has 0 aromatic carbocycles. The zero-order chi connectivity index (χ0) is 11.5. The van der Waals surface area contributed by atoms with Crippen LogP contribution in [0, 0.1) is 24.2 Å². The molecular formula is C11H15N3OS. The van der Waals surface area contributed by atoms with Gasteiger partial charge in [-0.3, -0.25) is 0 Å². The van der Waals surface area contributed by atoms with E-state index in [0.717, 1.165) is 30.3 Å². The quantitative estimate of drug-likeness (QED) is 0.875. The summed E-state index contributed by atoms with van der Waals surface area (Å²) < 4.78 is 9.68. The van der Waals surface area contributed by atoms with Gasteiger partial charge in [-0.25, -0.2) is 0 Å². The largest absolute Gasteiger partial charge is 0.378 e. The topological polar surface area (TPSA) is 57.9 Å². The van der Waals surface area contributed by atoms with E-state index in [1.165, 1.54) is 11.5 Å². The molecule has 0 amide bonds. The highest BCUT2D eigenvalue weighted by Gasteiger charge is 2.24. The zero-order valence-electron chi connectivity index (χ0n) is 9.49. The van der Waals surface area contributed by atoms with E-state index in [1.807, 2.05) is 6.92 Å². The summed E-state index contributed by atoms with van der Waals surface area (Å²) in [6.45, 7) is 5.67. The summed E-state index contributed by atoms with van der Waals surface area (Å²) in [4.78, 5) is 0. The molecule has 1 aromatic heterocycles. The van der Waals surface area contributed by atoms with Gasteiger partial charge in [-0.15, -0.1) is 0 Å². The SMILES string of the molecule is Cc1nsc(NCC2CCOC2C)c1C#N. The molecule has 0 radical (unpaired) electrons. The molecule has 0 spiro atoms. The second-order valence-electron chi connectivity index (χ2n) is 4.09. The van der Waals surface area contributed by atoms with Crippen LogP contribution in [-0.2, 0) is 4.74 Å². The monoisotopic (exact) mass is 237 g/mol. The first-order valence-corrected chi connectivity index (χ1v) is 6.21. The van der Waals surface area contributed by atoms with Crippen molar-refractivity contribution in [2.45, 2.75) is 26.4 Å². The minimum Gasteiger partial charge on any atom is -0.378 e. The van der Waals surface area contributed by atoms with Crippen LogP contribution in [0.5, 0.6) is 0 Å². The first-order valence-electron chi connectivity index (χ1n) is 5.44. The molecule has 5 heteroatoms. The molecule has 2 atom stereocenters. The van der Waals surface area contributed by atoms with Crippen molar-refractivity contribution < 1.29 is 4.74 Å². The fourth-order valence-corrected chi connectivity index (χ4v) is 2.64. The Morgan fingerprint density at radius 2 is 2.50 bits per heavy atom. The second kappa shape index (κ2) is 4.81. The lowest BCUT2D eigenvalue weighted by Gasteiger charge is -2.14. The molecule has 2 rings (SSSR count). The fraction of sp³-hybridized carbons (Fsp3) is 0.636. The third-order valence-corrected chi connectivity index (χ3v) is 3.93. The normalized spacial score (nSPS) is 24.3. The lowest BCUT2D eigenvalue weighted by atomic mass is 10.0. The lowest BCUT2D eigenvalue weighted by Crippen LogP contribution is -2.20. The molecule has 1 fully saturated rings. The van der Waals surface area contributed by atoms with Crippen molar-refractivity contribution in [2.75, 3.05) is 18.5 Å². The Hall–Kier alpha value is -1.12. The molecule has 1 saturated heterocycles. The van der Waals surface area contributed by atoms with Gasteiger partial charge in [0.25, 0.3) is 0 Å². The van der Waals surface area contributed by atoms with Gasteiger partial charge in [0.2, 0.25) is 0 Å². The van der Waals surface area contributed by atoms with Crippen LogP contribution in [-0.4, -0.2) is 23.6 Å². The summed E-state index contributed by atoms with van der Waals surface area (Å²) in [5, 5.41) is 13.2. The Morgan fingerprint density at radius 3 is 3.12 bits per heavy atom. The number of nitrogens with zero attached hydrogens (tertiary/aromatic N) is 2. The highest BCUT2D eigenvalue weighted by Crippen LogP contribution is 2.26. The Kier molecular flexibility index (Phi) is 3.42. The number of aromatic nitrogens is 1. The standard InChI is InChI=1S/C11H15N3OS/c1-7-10(5-12)11(16-14-7)13-6-9-3-4-15-8(9)2/h8-9,13H,3-4,6H2,1-2H3. The predicted octanol–water partition coefficient (Wildman–Crippen LogP) is 2.16. The minimum atomic E-state index is 0.312. The Bertz CT molecular complexity index is 410. The highest BCUT2D eigenvalue weighted by molar-refractivity contribution is 7.10. The number of ether oxygens (including phenoxy) is 1. The van der Waals surface area contributed by atoms with Crippen molar-refractivity contribution in [3.8, 4) is 6.07 Å². The van der Waals surface area contributed by atoms with E-state index in [2.05, 4.69) is 22.7 Å². The molecule has 1 N–H and O–H groups in total. The smallest absolute Gasteiger partial charge is 0.127 e. The number of nitriles is 1. The summed E-state index contributed by atoms with van der Waals surface area (Å²) in [7, 11) is 0. The van der Waals surface area contributed by atoms with Crippen molar-refractivity contribution in [1.82, 2.24) is 4.37 Å². The second-order valence-corrected chi connectivity index (χ2v) is 4.86. The summed E-state index contributed by atoms with van der Waals surface area (Å²) in [5.74, 6) is 0.536. The average molecular weight is 237 g/mol. The van der Waals surface area contributed by atoms with Crippen LogP contribution in [0.4, 0.5) is 5.00 Å². The van der Waals surface area contributed by atoms with Crippen LogP contribution in [0.25, 0.3) is 0 Å². The maximum atomic E-state index is 8.98. The van der Waals surface area contributed by atoms with E-state index in [-0.39, 0.29) is 0 Å². The van der Waals surface area contributed by atoms with Gasteiger partial charge in [0.15, 0.2) is 0 Å². The van der Waals surface area contributed by atoms with E-state index in [4.69, 9.17) is 10.00 Å². The zero-order valence-corrected chi connectivity index (χ0v) is 10.3. The number of aryl methyl sites for hydroxylation is 1. The van der Waals surface area contributed by atoms with Crippen LogP contribution in [0.3, 0.4) is 0 Å². The van der Waals surface area contributed by atoms with E-state index in [1.54, 1.807) is 0 Å². The number of anilines is 1. The van der Waals surface area contributed by atoms with Gasteiger partial charge in [-0.1, -0.05) is 0 Å². The van der Waals surface area contributed by atoms with Crippen molar-refractivity contribution in [3.63, 3.8) is 0 Å². The minimum absolute atomic E-state index is 0.312. The number of hydrogen-bond donors (Lipinski definition) is 1. The number of rotatable bonds is 3. The molecule has 0 saturated carbocycles. The Morgan fingerprint density at radius 1 is 1.69 bits per heavy atom. The Balaban J connectivity index is 1.97. The maximum Gasteiger partial charge on any atom is 0.127 e. The molecule has 4 nitrogen and oxygen atoms in total. The average Bonchev–Trinajstić information content (AvgIpc) is 2.82. The van der Waals surface area contributed by atoms with Crippen molar-refractivity contribution in [3.05, 3.63) is 11.3 Å². The Labute approximate surface area is 99.4 Å². The third-order valence-electron chi connectivity index (χ3n) is 3.03. The summed E-state index contributed by atoms with van der Waals surface area (Å²) in [5.41, 5.74) is 1.49. The van der Waals surface area contributed by atoms with Crippen molar-refractivity contribution in [1.29, 1.82) is 5.26 Å². The van der Waals surface area contributed by atoms with Crippen molar-refractivity contribution in [2.24, 2.45) is 5.92 Å². The van der Waals surface area contributed by atoms with E-state index >= 15 is 0 Å². The van der Waals surface area contributed by atoms with Crippen LogP contribution in [0.1, 0.15) is 24.6 Å². The van der Waals surface area contributed by atoms with E-state index in [9.17, 15) is 0 Å². The first kappa shape index (κ1) is 11.4. The van der Waals surface area contributed by atoms with E-state index in [0.29, 0.717) is 17.6 Å². The highest BCUT2D eigenvalue weighted by atomic mass is 32.1. The third kappa shape index (κ3) is 2.18. The summed E-state index contributed by atoms with van der Waals surface area (Å²) in [6, 6.07) is 2.18. The fourth-order valence-electron chi connectivity index (χ4n) is 1.89. The molecule has 0 aliphatic carbocycles. The van der Waals surface area contributed by atoms with Crippen LogP contribution < -0.4 is 5.32 Å². The molecule has 1 aliphatic rings. The molecule has 2 unspecified atom stereocenters. The molecular weight excluding hydrogens is 222 g/mol. The van der Waals surface area contributed by atoms with Crippen molar-refractivity contribution >= 4 is 16.5 Å². The maximum absolute atomic E-state index is 8.98.